The summed E-state index contributed by atoms with van der Waals surface area (Å²) in [5, 5.41) is 20.6. The molecule has 2 N–H and O–H groups in total. The zero-order valence-corrected chi connectivity index (χ0v) is 19.3. The highest BCUT2D eigenvalue weighted by Crippen LogP contribution is 2.28. The summed E-state index contributed by atoms with van der Waals surface area (Å²) in [6, 6.07) is 19.0. The Bertz CT molecular complexity index is 1180. The van der Waals surface area contributed by atoms with Gasteiger partial charge in [0.2, 0.25) is 0 Å². The summed E-state index contributed by atoms with van der Waals surface area (Å²) in [5.74, 6) is -1.03. The number of aliphatic carboxylic acids is 1. The van der Waals surface area contributed by atoms with E-state index < -0.39 is 34.1 Å². The molecule has 10 heteroatoms. The van der Waals surface area contributed by atoms with E-state index >= 15 is 0 Å². The van der Waals surface area contributed by atoms with Crippen LogP contribution in [0, 0.1) is 16.0 Å². The summed E-state index contributed by atoms with van der Waals surface area (Å²) in [4.78, 5) is 22.3. The van der Waals surface area contributed by atoms with Crippen LogP contribution >= 0.6 is 0 Å². The van der Waals surface area contributed by atoms with Gasteiger partial charge in [0, 0.05) is 6.07 Å². The zero-order chi connectivity index (χ0) is 24.8. The van der Waals surface area contributed by atoms with Crippen molar-refractivity contribution in [1.82, 2.24) is 0 Å². The van der Waals surface area contributed by atoms with E-state index in [9.17, 15) is 28.8 Å². The predicted octanol–water partition coefficient (Wildman–Crippen LogP) is 4.89. The van der Waals surface area contributed by atoms with Gasteiger partial charge in [0.1, 0.15) is 18.4 Å². The molecule has 0 aliphatic rings. The van der Waals surface area contributed by atoms with Crippen LogP contribution in [0.25, 0.3) is 11.1 Å². The second-order valence-electron chi connectivity index (χ2n) is 7.83. The first-order chi connectivity index (χ1) is 16.2. The summed E-state index contributed by atoms with van der Waals surface area (Å²) < 4.78 is 28.3. The third-order valence-corrected chi connectivity index (χ3v) is 5.97. The van der Waals surface area contributed by atoms with Crippen molar-refractivity contribution in [2.24, 2.45) is 5.92 Å². The number of rotatable bonds is 10. The number of ether oxygens (including phenoxy) is 1. The molecule has 178 valence electrons. The molecule has 3 aromatic carbocycles. The van der Waals surface area contributed by atoms with Crippen LogP contribution < -0.4 is 9.04 Å². The maximum absolute atomic E-state index is 11.9. The maximum atomic E-state index is 11.9. The molecule has 3 aromatic rings. The van der Waals surface area contributed by atoms with Crippen molar-refractivity contribution in [2.75, 3.05) is 4.31 Å². The summed E-state index contributed by atoms with van der Waals surface area (Å²) in [6.45, 7) is 3.40. The van der Waals surface area contributed by atoms with Crippen LogP contribution in [0.2, 0.25) is 0 Å². The third-order valence-electron chi connectivity index (χ3n) is 5.20. The molecule has 0 saturated heterocycles. The number of para-hydroxylation sites is 1. The summed E-state index contributed by atoms with van der Waals surface area (Å²) in [5.41, 5.74) is 2.45. The van der Waals surface area contributed by atoms with Gasteiger partial charge in [-0.15, -0.1) is 0 Å². The first-order valence-electron chi connectivity index (χ1n) is 10.4. The highest BCUT2D eigenvalue weighted by molar-refractivity contribution is 7.80. The molecule has 0 saturated carbocycles. The van der Waals surface area contributed by atoms with Crippen molar-refractivity contribution in [3.05, 3.63) is 88.5 Å². The Kier molecular flexibility index (Phi) is 7.98. The summed E-state index contributed by atoms with van der Waals surface area (Å²) in [6.07, 6.45) is 0. The standard InChI is InChI=1S/C24H24N2O7S/c1-16(2)23(24(27)28)25(34(31)32)20-11-7-17(8-12-20)18-9-13-21(14-10-18)33-15-19-5-3-4-6-22(19)26(29)30/h3-14,16,23H,15H2,1-2H3,(H,27,28)(H,31,32). The minimum absolute atomic E-state index is 0.000308. The molecule has 0 amide bonds. The summed E-state index contributed by atoms with van der Waals surface area (Å²) >= 11 is -2.51. The molecule has 34 heavy (non-hydrogen) atoms. The van der Waals surface area contributed by atoms with Gasteiger partial charge in [0.25, 0.3) is 17.0 Å². The van der Waals surface area contributed by atoms with Crippen LogP contribution in [0.5, 0.6) is 5.75 Å². The quantitative estimate of drug-likeness (QED) is 0.238. The van der Waals surface area contributed by atoms with Gasteiger partial charge < -0.3 is 9.84 Å². The number of carboxylic acids is 1. The Labute approximate surface area is 199 Å². The van der Waals surface area contributed by atoms with Crippen LogP contribution in [-0.2, 0) is 22.7 Å². The number of nitro groups is 1. The van der Waals surface area contributed by atoms with E-state index in [1.807, 2.05) is 12.1 Å². The Morgan fingerprint density at radius 2 is 1.59 bits per heavy atom. The number of hydrogen-bond acceptors (Lipinski definition) is 5. The molecule has 0 spiro atoms. The number of anilines is 1. The lowest BCUT2D eigenvalue weighted by molar-refractivity contribution is -0.385. The van der Waals surface area contributed by atoms with E-state index in [4.69, 9.17) is 4.74 Å². The van der Waals surface area contributed by atoms with Gasteiger partial charge in [-0.05, 0) is 47.4 Å². The number of nitrogens with zero attached hydrogens (tertiary/aromatic N) is 2. The second kappa shape index (κ2) is 10.9. The Morgan fingerprint density at radius 1 is 1.03 bits per heavy atom. The number of benzene rings is 3. The average Bonchev–Trinajstić information content (AvgIpc) is 2.81. The van der Waals surface area contributed by atoms with Crippen molar-refractivity contribution in [2.45, 2.75) is 26.5 Å². The molecule has 0 aromatic heterocycles. The van der Waals surface area contributed by atoms with E-state index in [0.29, 0.717) is 17.0 Å². The molecule has 3 rings (SSSR count). The van der Waals surface area contributed by atoms with Gasteiger partial charge in [0.15, 0.2) is 0 Å². The Balaban J connectivity index is 1.74. The highest BCUT2D eigenvalue weighted by Gasteiger charge is 2.32. The first kappa shape index (κ1) is 24.9. The van der Waals surface area contributed by atoms with Crippen LogP contribution in [0.15, 0.2) is 72.8 Å². The maximum Gasteiger partial charge on any atom is 0.327 e. The molecular weight excluding hydrogens is 460 g/mol. The topological polar surface area (TPSA) is 130 Å². The zero-order valence-electron chi connectivity index (χ0n) is 18.5. The number of hydrogen-bond donors (Lipinski definition) is 2. The van der Waals surface area contributed by atoms with Crippen LogP contribution in [0.3, 0.4) is 0 Å². The van der Waals surface area contributed by atoms with Crippen molar-refractivity contribution in [3.63, 3.8) is 0 Å². The van der Waals surface area contributed by atoms with E-state index in [0.717, 1.165) is 15.4 Å². The van der Waals surface area contributed by atoms with Gasteiger partial charge in [-0.1, -0.05) is 50.2 Å². The molecule has 0 aliphatic carbocycles. The smallest absolute Gasteiger partial charge is 0.327 e. The van der Waals surface area contributed by atoms with Crippen LogP contribution in [0.4, 0.5) is 11.4 Å². The predicted molar refractivity (Wildman–Crippen MR) is 129 cm³/mol. The third kappa shape index (κ3) is 5.77. The van der Waals surface area contributed by atoms with Crippen molar-refractivity contribution in [1.29, 1.82) is 0 Å². The Morgan fingerprint density at radius 3 is 2.09 bits per heavy atom. The minimum atomic E-state index is -2.51. The lowest BCUT2D eigenvalue weighted by Crippen LogP contribution is -2.45. The van der Waals surface area contributed by atoms with Gasteiger partial charge in [-0.2, -0.15) is 0 Å². The molecule has 0 radical (unpaired) electrons. The molecule has 0 aliphatic heterocycles. The summed E-state index contributed by atoms with van der Waals surface area (Å²) in [7, 11) is 0. The lowest BCUT2D eigenvalue weighted by atomic mass is 10.0. The van der Waals surface area contributed by atoms with Crippen molar-refractivity contribution < 1.29 is 28.3 Å². The van der Waals surface area contributed by atoms with Gasteiger partial charge in [0.05, 0.1) is 16.2 Å². The molecular formula is C24H24N2O7S. The molecule has 9 nitrogen and oxygen atoms in total. The monoisotopic (exact) mass is 484 g/mol. The van der Waals surface area contributed by atoms with Gasteiger partial charge >= 0.3 is 5.97 Å². The minimum Gasteiger partial charge on any atom is -0.489 e. The van der Waals surface area contributed by atoms with Crippen LogP contribution in [0.1, 0.15) is 19.4 Å². The van der Waals surface area contributed by atoms with E-state index in [-0.39, 0.29) is 12.3 Å². The molecule has 0 fully saturated rings. The van der Waals surface area contributed by atoms with Crippen LogP contribution in [-0.4, -0.2) is 30.8 Å². The highest BCUT2D eigenvalue weighted by atomic mass is 32.2. The molecule has 2 unspecified atom stereocenters. The van der Waals surface area contributed by atoms with E-state index in [1.54, 1.807) is 68.4 Å². The molecule has 0 heterocycles. The Hall–Kier alpha value is -3.76. The normalized spacial score (nSPS) is 12.7. The molecule has 0 bridgehead atoms. The van der Waals surface area contributed by atoms with Crippen molar-refractivity contribution in [3.8, 4) is 16.9 Å². The van der Waals surface area contributed by atoms with Crippen molar-refractivity contribution >= 4 is 28.6 Å². The fraction of sp³-hybridized carbons (Fsp3) is 0.208. The molecule has 2 atom stereocenters. The fourth-order valence-corrected chi connectivity index (χ4v) is 4.35. The first-order valence-corrected chi connectivity index (χ1v) is 11.4. The number of carboxylic acid groups (broad SMARTS) is 1. The fourth-order valence-electron chi connectivity index (χ4n) is 3.52. The van der Waals surface area contributed by atoms with E-state index in [1.165, 1.54) is 6.07 Å². The number of carbonyl (C=O) groups is 1. The van der Waals surface area contributed by atoms with Gasteiger partial charge in [-0.3, -0.25) is 19.0 Å². The lowest BCUT2D eigenvalue weighted by Gasteiger charge is -2.29. The van der Waals surface area contributed by atoms with E-state index in [2.05, 4.69) is 0 Å². The average molecular weight is 485 g/mol. The largest absolute Gasteiger partial charge is 0.489 e. The number of nitro benzene ring substituents is 1. The van der Waals surface area contributed by atoms with Gasteiger partial charge in [-0.25, -0.2) is 9.00 Å². The SMILES string of the molecule is CC(C)C(C(=O)O)N(c1ccc(-c2ccc(OCc3ccccc3[N+](=O)[O-])cc2)cc1)S(=O)O. The second-order valence-corrected chi connectivity index (χ2v) is 8.68.